The molecule has 100 valence electrons. The molecule has 0 bridgehead atoms. The number of unbranched alkanes of at least 4 members (excludes halogenated alkanes) is 1. The van der Waals surface area contributed by atoms with E-state index in [0.717, 1.165) is 19.3 Å². The summed E-state index contributed by atoms with van der Waals surface area (Å²) in [6.45, 7) is 1.04. The summed E-state index contributed by atoms with van der Waals surface area (Å²) in [6, 6.07) is 17.2. The van der Waals surface area contributed by atoms with Gasteiger partial charge in [-0.3, -0.25) is 0 Å². The molecule has 0 aliphatic rings. The summed E-state index contributed by atoms with van der Waals surface area (Å²) < 4.78 is 18.8. The first kappa shape index (κ1) is 13.8. The van der Waals surface area contributed by atoms with Crippen LogP contribution in [0.2, 0.25) is 0 Å². The summed E-state index contributed by atoms with van der Waals surface area (Å²) in [5.74, 6) is -0.188. The molecule has 0 radical (unpaired) electrons. The molecule has 2 rings (SSSR count). The molecule has 2 aromatic carbocycles. The highest BCUT2D eigenvalue weighted by Crippen LogP contribution is 2.09. The predicted molar refractivity (Wildman–Crippen MR) is 75.4 cm³/mol. The normalized spacial score (nSPS) is 10.6. The van der Waals surface area contributed by atoms with Gasteiger partial charge in [0.25, 0.3) is 0 Å². The van der Waals surface area contributed by atoms with E-state index in [-0.39, 0.29) is 5.82 Å². The van der Waals surface area contributed by atoms with Gasteiger partial charge in [-0.2, -0.15) is 0 Å². The van der Waals surface area contributed by atoms with Crippen LogP contribution in [0.25, 0.3) is 0 Å². The van der Waals surface area contributed by atoms with Crippen LogP contribution in [0.4, 0.5) is 4.39 Å². The Morgan fingerprint density at radius 1 is 0.842 bits per heavy atom. The summed E-state index contributed by atoms with van der Waals surface area (Å²) in [5, 5.41) is 0. The van der Waals surface area contributed by atoms with Crippen molar-refractivity contribution in [3.05, 3.63) is 71.5 Å². The molecule has 0 unspecified atom stereocenters. The fourth-order valence-corrected chi connectivity index (χ4v) is 1.98. The Kier molecular flexibility index (Phi) is 5.57. The van der Waals surface area contributed by atoms with E-state index in [1.807, 2.05) is 12.1 Å². The minimum Gasteiger partial charge on any atom is -0.377 e. The van der Waals surface area contributed by atoms with Crippen molar-refractivity contribution in [1.82, 2.24) is 0 Å². The fourth-order valence-electron chi connectivity index (χ4n) is 1.98. The number of halogens is 1. The molecule has 0 aliphatic heterocycles. The van der Waals surface area contributed by atoms with Gasteiger partial charge < -0.3 is 4.74 Å². The monoisotopic (exact) mass is 258 g/mol. The molecule has 0 aromatic heterocycles. The molecule has 0 amide bonds. The second kappa shape index (κ2) is 7.70. The van der Waals surface area contributed by atoms with Gasteiger partial charge in [0.05, 0.1) is 6.61 Å². The molecule has 0 fully saturated rings. The van der Waals surface area contributed by atoms with E-state index in [1.165, 1.54) is 11.6 Å². The Morgan fingerprint density at radius 3 is 2.37 bits per heavy atom. The third-order valence-electron chi connectivity index (χ3n) is 3.06. The van der Waals surface area contributed by atoms with Crippen molar-refractivity contribution in [3.63, 3.8) is 0 Å². The summed E-state index contributed by atoms with van der Waals surface area (Å²) in [6.07, 6.45) is 3.18. The van der Waals surface area contributed by atoms with Crippen molar-refractivity contribution in [3.8, 4) is 0 Å². The van der Waals surface area contributed by atoms with Crippen LogP contribution in [0.15, 0.2) is 54.6 Å². The molecule has 0 spiro atoms. The highest BCUT2D eigenvalue weighted by molar-refractivity contribution is 5.16. The number of aryl methyl sites for hydroxylation is 1. The third kappa shape index (κ3) is 4.84. The van der Waals surface area contributed by atoms with E-state index in [2.05, 4.69) is 24.3 Å². The van der Waals surface area contributed by atoms with E-state index >= 15 is 0 Å². The minimum atomic E-state index is -0.188. The highest BCUT2D eigenvalue weighted by atomic mass is 19.1. The zero-order valence-corrected chi connectivity index (χ0v) is 11.0. The van der Waals surface area contributed by atoms with Gasteiger partial charge in [-0.25, -0.2) is 4.39 Å². The maximum atomic E-state index is 13.3. The highest BCUT2D eigenvalue weighted by Gasteiger charge is 2.00. The molecular weight excluding hydrogens is 239 g/mol. The van der Waals surface area contributed by atoms with Gasteiger partial charge in [0.15, 0.2) is 0 Å². The Labute approximate surface area is 114 Å². The van der Waals surface area contributed by atoms with Crippen molar-refractivity contribution in [2.75, 3.05) is 6.61 Å². The van der Waals surface area contributed by atoms with Gasteiger partial charge in [-0.1, -0.05) is 48.5 Å². The van der Waals surface area contributed by atoms with E-state index < -0.39 is 0 Å². The van der Waals surface area contributed by atoms with Crippen molar-refractivity contribution in [1.29, 1.82) is 0 Å². The predicted octanol–water partition coefficient (Wildman–Crippen LogP) is 4.37. The van der Waals surface area contributed by atoms with Gasteiger partial charge in [0.1, 0.15) is 5.82 Å². The lowest BCUT2D eigenvalue weighted by molar-refractivity contribution is 0.115. The van der Waals surface area contributed by atoms with Crippen LogP contribution in [0.1, 0.15) is 24.0 Å². The van der Waals surface area contributed by atoms with E-state index in [4.69, 9.17) is 4.74 Å². The number of benzene rings is 2. The van der Waals surface area contributed by atoms with Crippen LogP contribution in [0, 0.1) is 5.82 Å². The maximum Gasteiger partial charge on any atom is 0.128 e. The van der Waals surface area contributed by atoms with Crippen LogP contribution < -0.4 is 0 Å². The Hall–Kier alpha value is -1.67. The van der Waals surface area contributed by atoms with Crippen molar-refractivity contribution < 1.29 is 9.13 Å². The first-order valence-electron chi connectivity index (χ1n) is 6.71. The lowest BCUT2D eigenvalue weighted by atomic mass is 10.1. The number of rotatable bonds is 7. The maximum absolute atomic E-state index is 13.3. The summed E-state index contributed by atoms with van der Waals surface area (Å²) in [4.78, 5) is 0. The van der Waals surface area contributed by atoms with Crippen LogP contribution >= 0.6 is 0 Å². The van der Waals surface area contributed by atoms with E-state index in [0.29, 0.717) is 18.8 Å². The Morgan fingerprint density at radius 2 is 1.58 bits per heavy atom. The standard InChI is InChI=1S/C17H19FO/c18-17-12-5-4-11-16(17)14-19-13-7-6-10-15-8-2-1-3-9-15/h1-5,8-9,11-12H,6-7,10,13-14H2. The molecule has 0 N–H and O–H groups in total. The summed E-state index contributed by atoms with van der Waals surface area (Å²) in [7, 11) is 0. The molecule has 1 nitrogen and oxygen atoms in total. The van der Waals surface area contributed by atoms with Gasteiger partial charge in [-0.15, -0.1) is 0 Å². The molecule has 0 atom stereocenters. The Balaban J connectivity index is 1.59. The summed E-state index contributed by atoms with van der Waals surface area (Å²) in [5.41, 5.74) is 1.99. The third-order valence-corrected chi connectivity index (χ3v) is 3.06. The first-order valence-corrected chi connectivity index (χ1v) is 6.71. The molecule has 0 saturated carbocycles. The molecule has 0 saturated heterocycles. The van der Waals surface area contributed by atoms with Gasteiger partial charge in [0.2, 0.25) is 0 Å². The molecule has 0 heterocycles. The van der Waals surface area contributed by atoms with Crippen molar-refractivity contribution in [2.45, 2.75) is 25.9 Å². The van der Waals surface area contributed by atoms with Gasteiger partial charge in [0, 0.05) is 12.2 Å². The average Bonchev–Trinajstić information content (AvgIpc) is 2.45. The van der Waals surface area contributed by atoms with Gasteiger partial charge >= 0.3 is 0 Å². The van der Waals surface area contributed by atoms with Crippen LogP contribution in [-0.4, -0.2) is 6.61 Å². The number of ether oxygens (including phenoxy) is 1. The van der Waals surface area contributed by atoms with Crippen molar-refractivity contribution in [2.24, 2.45) is 0 Å². The number of hydrogen-bond acceptors (Lipinski definition) is 1. The van der Waals surface area contributed by atoms with Crippen LogP contribution in [-0.2, 0) is 17.8 Å². The fraction of sp³-hybridized carbons (Fsp3) is 0.294. The average molecular weight is 258 g/mol. The van der Waals surface area contributed by atoms with Crippen molar-refractivity contribution >= 4 is 0 Å². The second-order valence-electron chi connectivity index (χ2n) is 4.59. The zero-order chi connectivity index (χ0) is 13.3. The second-order valence-corrected chi connectivity index (χ2v) is 4.59. The SMILES string of the molecule is Fc1ccccc1COCCCCc1ccccc1. The molecule has 2 heteroatoms. The van der Waals surface area contributed by atoms with E-state index in [1.54, 1.807) is 12.1 Å². The van der Waals surface area contributed by atoms with E-state index in [9.17, 15) is 4.39 Å². The molecule has 19 heavy (non-hydrogen) atoms. The number of hydrogen-bond donors (Lipinski definition) is 0. The van der Waals surface area contributed by atoms with Gasteiger partial charge in [-0.05, 0) is 30.9 Å². The molecular formula is C17H19FO. The smallest absolute Gasteiger partial charge is 0.128 e. The van der Waals surface area contributed by atoms with Crippen LogP contribution in [0.3, 0.4) is 0 Å². The topological polar surface area (TPSA) is 9.23 Å². The molecule has 0 aliphatic carbocycles. The Bertz CT molecular complexity index is 482. The lowest BCUT2D eigenvalue weighted by Gasteiger charge is -2.05. The summed E-state index contributed by atoms with van der Waals surface area (Å²) >= 11 is 0. The minimum absolute atomic E-state index is 0.188. The quantitative estimate of drug-likeness (QED) is 0.670. The van der Waals surface area contributed by atoms with Crippen LogP contribution in [0.5, 0.6) is 0 Å². The lowest BCUT2D eigenvalue weighted by Crippen LogP contribution is -1.98. The molecule has 2 aromatic rings. The zero-order valence-electron chi connectivity index (χ0n) is 11.0. The largest absolute Gasteiger partial charge is 0.377 e. The first-order chi connectivity index (χ1) is 9.36.